The van der Waals surface area contributed by atoms with E-state index in [2.05, 4.69) is 20.7 Å². The molecule has 3 atom stereocenters. The van der Waals surface area contributed by atoms with E-state index in [4.69, 9.17) is 59.3 Å². The minimum absolute atomic E-state index is 0.130. The predicted octanol–water partition coefficient (Wildman–Crippen LogP) is 11.9. The Hall–Kier alpha value is -5.12. The van der Waals surface area contributed by atoms with Crippen LogP contribution in [0.2, 0.25) is 15.1 Å². The van der Waals surface area contributed by atoms with Gasteiger partial charge < -0.3 is 29.2 Å². The van der Waals surface area contributed by atoms with Crippen molar-refractivity contribution in [3.8, 4) is 0 Å². The Morgan fingerprint density at radius 2 is 0.889 bits per heavy atom. The van der Waals surface area contributed by atoms with Crippen LogP contribution in [0.3, 0.4) is 0 Å². The molecule has 11 nitrogen and oxygen atoms in total. The summed E-state index contributed by atoms with van der Waals surface area (Å²) in [7, 11) is 3.77. The lowest BCUT2D eigenvalue weighted by atomic mass is 9.88. The number of rotatable bonds is 10. The average molecular weight is 1110 g/mol. The molecule has 6 aromatic rings. The first kappa shape index (κ1) is 57.8. The number of hydroxylamine groups is 1. The SMILES string of the molecule is CO.COC(=O)c1ccc2c(c1)CC(O)CC2.COC(=O)c1ccc2c(c1)CC(OCc1ccc(Cl)cc1)CC2.Clc1ccc(CBr)cc1.O=C(NO)c1ccc2c(c1)CC(OCc1ccc(Cl)cc1)CC2. The van der Waals surface area contributed by atoms with Crippen molar-refractivity contribution in [2.75, 3.05) is 21.3 Å². The van der Waals surface area contributed by atoms with Gasteiger partial charge in [0, 0.05) is 33.1 Å². The largest absolute Gasteiger partial charge is 0.465 e. The molecule has 4 N–H and O–H groups in total. The highest BCUT2D eigenvalue weighted by Crippen LogP contribution is 2.28. The van der Waals surface area contributed by atoms with E-state index in [1.54, 1.807) is 17.6 Å². The van der Waals surface area contributed by atoms with Crippen LogP contribution in [0.25, 0.3) is 0 Å². The molecule has 3 unspecified atom stereocenters. The van der Waals surface area contributed by atoms with Gasteiger partial charge in [-0.25, -0.2) is 15.1 Å². The van der Waals surface area contributed by atoms with Gasteiger partial charge in [-0.3, -0.25) is 10.0 Å². The zero-order chi connectivity index (χ0) is 52.0. The Labute approximate surface area is 445 Å². The lowest BCUT2D eigenvalue weighted by Gasteiger charge is -2.25. The molecule has 0 saturated heterocycles. The fourth-order valence-corrected chi connectivity index (χ4v) is 9.08. The highest BCUT2D eigenvalue weighted by molar-refractivity contribution is 9.08. The molecule has 0 bridgehead atoms. The number of methoxy groups -OCH3 is 2. The van der Waals surface area contributed by atoms with Crippen LogP contribution in [0, 0.1) is 0 Å². The summed E-state index contributed by atoms with van der Waals surface area (Å²) >= 11 is 20.8. The number of hydrogen-bond acceptors (Lipinski definition) is 10. The molecule has 382 valence electrons. The fourth-order valence-electron chi connectivity index (χ4n) is 8.33. The van der Waals surface area contributed by atoms with E-state index in [-0.39, 0.29) is 30.3 Å². The minimum atomic E-state index is -0.489. The van der Waals surface area contributed by atoms with Crippen LogP contribution in [0.4, 0.5) is 0 Å². The van der Waals surface area contributed by atoms with Gasteiger partial charge in [0.2, 0.25) is 0 Å². The van der Waals surface area contributed by atoms with Crippen LogP contribution < -0.4 is 5.48 Å². The second-order valence-corrected chi connectivity index (χ2v) is 19.0. The molecule has 0 radical (unpaired) electrons. The Morgan fingerprint density at radius 3 is 1.28 bits per heavy atom. The number of alkyl halides is 1. The van der Waals surface area contributed by atoms with Crippen LogP contribution in [0.15, 0.2) is 127 Å². The Kier molecular flexibility index (Phi) is 24.2. The topological polar surface area (TPSA) is 161 Å². The molecule has 72 heavy (non-hydrogen) atoms. The molecule has 0 saturated carbocycles. The quantitative estimate of drug-likeness (QED) is 0.0450. The number of benzene rings is 6. The molecule has 3 aliphatic carbocycles. The summed E-state index contributed by atoms with van der Waals surface area (Å²) in [5.41, 5.74) is 13.9. The van der Waals surface area contributed by atoms with Crippen molar-refractivity contribution >= 4 is 68.6 Å². The van der Waals surface area contributed by atoms with Crippen LogP contribution in [0.5, 0.6) is 0 Å². The van der Waals surface area contributed by atoms with Crippen LogP contribution in [-0.4, -0.2) is 72.9 Å². The van der Waals surface area contributed by atoms with Gasteiger partial charge in [-0.15, -0.1) is 0 Å². The number of aryl methyl sites for hydroxylation is 3. The second-order valence-electron chi connectivity index (χ2n) is 17.1. The van der Waals surface area contributed by atoms with Crippen molar-refractivity contribution in [1.29, 1.82) is 0 Å². The minimum Gasteiger partial charge on any atom is -0.465 e. The molecule has 0 heterocycles. The van der Waals surface area contributed by atoms with Crippen molar-refractivity contribution in [2.45, 2.75) is 94.6 Å². The van der Waals surface area contributed by atoms with Gasteiger partial charge in [0.25, 0.3) is 5.91 Å². The standard InChI is InChI=1S/C19H19ClO3.C18H18ClNO3.C12H14O3.C7H6BrCl.CH4O/c1-22-19(21)15-5-4-14-6-9-18(11-16(14)10-15)23-12-13-2-7-17(20)8-3-13;19-16-6-1-12(2-7-16)11-23-17-8-5-13-3-4-14(18(21)20-22)9-15(13)10-17;1-15-12(14)9-3-2-8-4-5-11(13)7-10(8)6-9;8-5-6-1-3-7(9)4-2-6;1-2/h2-5,7-8,10,18H,6,9,11-12H2,1H3;1-4,6-7,9,17,22H,5,8,10-11H2,(H,20,21);2-3,6,11,13H,4-5,7H2,1H3;1-4H,5H2;2H,1H3. The molecule has 1 amide bonds. The van der Waals surface area contributed by atoms with E-state index in [1.807, 2.05) is 115 Å². The summed E-state index contributed by atoms with van der Waals surface area (Å²) in [6.07, 6.45) is 7.84. The fraction of sp³-hybridized carbons (Fsp3) is 0.316. The van der Waals surface area contributed by atoms with Gasteiger partial charge in [0.15, 0.2) is 0 Å². The summed E-state index contributed by atoms with van der Waals surface area (Å²) in [5, 5.41) is 28.4. The summed E-state index contributed by atoms with van der Waals surface area (Å²) in [4.78, 5) is 34.5. The van der Waals surface area contributed by atoms with Crippen molar-refractivity contribution in [2.24, 2.45) is 0 Å². The number of aliphatic hydroxyl groups excluding tert-OH is 2. The van der Waals surface area contributed by atoms with Gasteiger partial charge in [0.05, 0.1) is 56.9 Å². The van der Waals surface area contributed by atoms with E-state index < -0.39 is 5.91 Å². The molecular weight excluding hydrogens is 1040 g/mol. The van der Waals surface area contributed by atoms with Gasteiger partial charge in [-0.1, -0.05) is 105 Å². The van der Waals surface area contributed by atoms with E-state index in [0.717, 1.165) is 101 Å². The lowest BCUT2D eigenvalue weighted by Crippen LogP contribution is -2.24. The Bertz CT molecular complexity index is 2540. The van der Waals surface area contributed by atoms with Crippen molar-refractivity contribution < 1.29 is 48.8 Å². The van der Waals surface area contributed by atoms with Crippen molar-refractivity contribution in [3.63, 3.8) is 0 Å². The highest BCUT2D eigenvalue weighted by atomic mass is 79.9. The van der Waals surface area contributed by atoms with Gasteiger partial charge in [-0.05, 0) is 181 Å². The van der Waals surface area contributed by atoms with E-state index in [9.17, 15) is 19.5 Å². The Balaban J connectivity index is 0.000000185. The number of esters is 2. The first-order chi connectivity index (χ1) is 34.8. The highest BCUT2D eigenvalue weighted by Gasteiger charge is 2.23. The zero-order valence-electron chi connectivity index (χ0n) is 40.6. The third-order valence-corrected chi connectivity index (χ3v) is 13.7. The van der Waals surface area contributed by atoms with Crippen LogP contribution in [0.1, 0.15) is 100 Å². The summed E-state index contributed by atoms with van der Waals surface area (Å²) < 4.78 is 21.5. The maximum atomic E-state index is 11.7. The molecule has 3 aliphatic rings. The van der Waals surface area contributed by atoms with Crippen molar-refractivity contribution in [1.82, 2.24) is 5.48 Å². The van der Waals surface area contributed by atoms with Gasteiger partial charge in [-0.2, -0.15) is 0 Å². The van der Waals surface area contributed by atoms with E-state index >= 15 is 0 Å². The smallest absolute Gasteiger partial charge is 0.337 e. The monoisotopic (exact) mass is 1100 g/mol. The molecule has 15 heteroatoms. The normalized spacial score (nSPS) is 16.0. The maximum absolute atomic E-state index is 11.7. The van der Waals surface area contributed by atoms with Gasteiger partial charge in [0.1, 0.15) is 0 Å². The average Bonchev–Trinajstić information content (AvgIpc) is 3.42. The molecule has 6 aromatic carbocycles. The number of aliphatic hydroxyl groups is 2. The van der Waals surface area contributed by atoms with E-state index in [1.165, 1.54) is 42.0 Å². The maximum Gasteiger partial charge on any atom is 0.337 e. The van der Waals surface area contributed by atoms with E-state index in [0.29, 0.717) is 36.3 Å². The molecule has 0 fully saturated rings. The summed E-state index contributed by atoms with van der Waals surface area (Å²) in [6.45, 7) is 1.13. The summed E-state index contributed by atoms with van der Waals surface area (Å²) in [5.74, 6) is -1.10. The molecular formula is C57H61BrCl3NO10. The molecule has 0 aliphatic heterocycles. The number of carbonyl (C=O) groups is 3. The number of carbonyl (C=O) groups excluding carboxylic acids is 3. The molecule has 0 aromatic heterocycles. The third kappa shape index (κ3) is 18.1. The number of fused-ring (bicyclic) bond motifs is 3. The summed E-state index contributed by atoms with van der Waals surface area (Å²) in [6, 6.07) is 40.0. The lowest BCUT2D eigenvalue weighted by molar-refractivity contribution is 0.0318. The third-order valence-electron chi connectivity index (χ3n) is 12.3. The Morgan fingerprint density at radius 1 is 0.528 bits per heavy atom. The second kappa shape index (κ2) is 30.2. The predicted molar refractivity (Wildman–Crippen MR) is 286 cm³/mol. The number of ether oxygens (including phenoxy) is 4. The first-order valence-corrected chi connectivity index (χ1v) is 25.7. The zero-order valence-corrected chi connectivity index (χ0v) is 44.4. The first-order valence-electron chi connectivity index (χ1n) is 23.5. The van der Waals surface area contributed by atoms with Gasteiger partial charge >= 0.3 is 11.9 Å². The van der Waals surface area contributed by atoms with Crippen LogP contribution in [-0.2, 0) is 76.0 Å². The number of hydrogen-bond donors (Lipinski definition) is 4. The number of amides is 1. The number of halogens is 4. The molecule has 9 rings (SSSR count). The number of nitrogens with one attached hydrogen (secondary N) is 1. The van der Waals surface area contributed by atoms with Crippen LogP contribution >= 0.6 is 50.7 Å². The molecule has 0 spiro atoms. The van der Waals surface area contributed by atoms with Crippen molar-refractivity contribution in [3.05, 3.63) is 209 Å².